The van der Waals surface area contributed by atoms with E-state index < -0.39 is 0 Å². The van der Waals surface area contributed by atoms with Crippen LogP contribution in [0.25, 0.3) is 0 Å². The summed E-state index contributed by atoms with van der Waals surface area (Å²) >= 11 is 0. The first kappa shape index (κ1) is 23.2. The van der Waals surface area contributed by atoms with E-state index in [9.17, 15) is 9.59 Å². The highest BCUT2D eigenvalue weighted by molar-refractivity contribution is 5.98. The number of unbranched alkanes of at least 4 members (excludes halogenated alkanes) is 1. The molecule has 30 heavy (non-hydrogen) atoms. The van der Waals surface area contributed by atoms with E-state index in [4.69, 9.17) is 9.47 Å². The number of amides is 2. The van der Waals surface area contributed by atoms with Crippen molar-refractivity contribution >= 4 is 23.2 Å². The highest BCUT2D eigenvalue weighted by Crippen LogP contribution is 2.23. The number of benzene rings is 2. The van der Waals surface area contributed by atoms with Crippen LogP contribution < -0.4 is 20.7 Å². The average molecular weight is 414 g/mol. The van der Waals surface area contributed by atoms with E-state index >= 15 is 0 Å². The molecule has 0 aliphatic carbocycles. The molecule has 0 saturated heterocycles. The summed E-state index contributed by atoms with van der Waals surface area (Å²) in [6, 6.07) is 14.3. The molecule has 7 heteroatoms. The lowest BCUT2D eigenvalue weighted by atomic mass is 10.2. The average Bonchev–Trinajstić information content (AvgIpc) is 2.76. The van der Waals surface area contributed by atoms with Gasteiger partial charge >= 0.3 is 0 Å². The number of nitrogens with one attached hydrogen (secondary N) is 3. The third kappa shape index (κ3) is 8.13. The van der Waals surface area contributed by atoms with Crippen LogP contribution in [-0.2, 0) is 9.53 Å². The minimum Gasteiger partial charge on any atom is -0.489 e. The Labute approximate surface area is 178 Å². The van der Waals surface area contributed by atoms with Crippen molar-refractivity contribution in [3.63, 3.8) is 0 Å². The molecule has 3 N–H and O–H groups in total. The molecule has 0 bridgehead atoms. The van der Waals surface area contributed by atoms with E-state index in [1.54, 1.807) is 24.3 Å². The zero-order chi connectivity index (χ0) is 21.6. The van der Waals surface area contributed by atoms with Gasteiger partial charge in [0.25, 0.3) is 5.91 Å². The second-order valence-electron chi connectivity index (χ2n) is 6.63. The molecule has 0 aliphatic heterocycles. The number of anilines is 2. The van der Waals surface area contributed by atoms with Crippen molar-refractivity contribution < 1.29 is 19.1 Å². The SMILES string of the molecule is CCCCNC(=O)c1cccc(NC(=O)CNc2ccccc2OCCOCC)c1. The molecule has 2 aromatic carbocycles. The smallest absolute Gasteiger partial charge is 0.251 e. The first-order valence-corrected chi connectivity index (χ1v) is 10.4. The van der Waals surface area contributed by atoms with E-state index in [1.165, 1.54) is 0 Å². The molecule has 2 amide bonds. The fourth-order valence-corrected chi connectivity index (χ4v) is 2.69. The Morgan fingerprint density at radius 3 is 2.63 bits per heavy atom. The second-order valence-corrected chi connectivity index (χ2v) is 6.63. The summed E-state index contributed by atoms with van der Waals surface area (Å²) in [6.07, 6.45) is 1.95. The van der Waals surface area contributed by atoms with Crippen LogP contribution in [0.1, 0.15) is 37.0 Å². The molecule has 0 saturated carbocycles. The largest absolute Gasteiger partial charge is 0.489 e. The molecular weight excluding hydrogens is 382 g/mol. The summed E-state index contributed by atoms with van der Waals surface area (Å²) < 4.78 is 11.0. The Kier molecular flexibility index (Phi) is 10.2. The molecule has 7 nitrogen and oxygen atoms in total. The normalized spacial score (nSPS) is 10.3. The van der Waals surface area contributed by atoms with E-state index in [0.29, 0.717) is 43.4 Å². The van der Waals surface area contributed by atoms with E-state index in [2.05, 4.69) is 22.9 Å². The van der Waals surface area contributed by atoms with Crippen LogP contribution in [0.15, 0.2) is 48.5 Å². The molecule has 0 atom stereocenters. The van der Waals surface area contributed by atoms with Crippen molar-refractivity contribution in [2.75, 3.05) is 43.5 Å². The first-order chi connectivity index (χ1) is 14.6. The Morgan fingerprint density at radius 2 is 1.83 bits per heavy atom. The lowest BCUT2D eigenvalue weighted by Gasteiger charge is -2.13. The first-order valence-electron chi connectivity index (χ1n) is 10.4. The van der Waals surface area contributed by atoms with Gasteiger partial charge in [-0.3, -0.25) is 9.59 Å². The number of hydrogen-bond donors (Lipinski definition) is 3. The minimum absolute atomic E-state index is 0.0682. The van der Waals surface area contributed by atoms with Crippen molar-refractivity contribution in [2.45, 2.75) is 26.7 Å². The molecule has 0 heterocycles. The van der Waals surface area contributed by atoms with Gasteiger partial charge in [0.15, 0.2) is 0 Å². The molecule has 2 rings (SSSR count). The fourth-order valence-electron chi connectivity index (χ4n) is 2.69. The maximum atomic E-state index is 12.4. The standard InChI is InChI=1S/C23H31N3O4/c1-3-5-13-24-23(28)18-9-8-10-19(16-18)26-22(27)17-25-20-11-6-7-12-21(20)30-15-14-29-4-2/h6-12,16,25H,3-5,13-15,17H2,1-2H3,(H,24,28)(H,26,27). The molecule has 162 valence electrons. The number of hydrogen-bond acceptors (Lipinski definition) is 5. The van der Waals surface area contributed by atoms with Crippen LogP contribution in [0, 0.1) is 0 Å². The summed E-state index contributed by atoms with van der Waals surface area (Å²) in [4.78, 5) is 24.5. The number of carbonyl (C=O) groups is 2. The third-order valence-corrected chi connectivity index (χ3v) is 4.24. The number of ether oxygens (including phenoxy) is 2. The Morgan fingerprint density at radius 1 is 1.00 bits per heavy atom. The van der Waals surface area contributed by atoms with Crippen LogP contribution >= 0.6 is 0 Å². The predicted molar refractivity (Wildman–Crippen MR) is 119 cm³/mol. The van der Waals surface area contributed by atoms with Gasteiger partial charge in [0.05, 0.1) is 18.8 Å². The molecule has 0 spiro atoms. The van der Waals surface area contributed by atoms with Gasteiger partial charge in [0, 0.05) is 24.4 Å². The Bertz CT molecular complexity index is 811. The summed E-state index contributed by atoms with van der Waals surface area (Å²) in [6.45, 7) is 6.30. The zero-order valence-corrected chi connectivity index (χ0v) is 17.7. The van der Waals surface area contributed by atoms with Crippen LogP contribution in [0.3, 0.4) is 0 Å². The maximum Gasteiger partial charge on any atom is 0.251 e. The van der Waals surface area contributed by atoms with Gasteiger partial charge in [-0.15, -0.1) is 0 Å². The minimum atomic E-state index is -0.220. The van der Waals surface area contributed by atoms with Crippen LogP contribution in [-0.4, -0.2) is 44.7 Å². The summed E-state index contributed by atoms with van der Waals surface area (Å²) in [5.41, 5.74) is 1.82. The third-order valence-electron chi connectivity index (χ3n) is 4.24. The van der Waals surface area contributed by atoms with Crippen molar-refractivity contribution in [1.29, 1.82) is 0 Å². The summed E-state index contributed by atoms with van der Waals surface area (Å²) in [5.74, 6) is 0.300. The van der Waals surface area contributed by atoms with Gasteiger partial charge in [-0.25, -0.2) is 0 Å². The van der Waals surface area contributed by atoms with Crippen LogP contribution in [0.2, 0.25) is 0 Å². The van der Waals surface area contributed by atoms with Crippen molar-refractivity contribution in [1.82, 2.24) is 5.32 Å². The fraction of sp³-hybridized carbons (Fsp3) is 0.391. The molecule has 0 fully saturated rings. The number of carbonyl (C=O) groups excluding carboxylic acids is 2. The monoisotopic (exact) mass is 413 g/mol. The van der Waals surface area contributed by atoms with Crippen LogP contribution in [0.5, 0.6) is 5.75 Å². The molecule has 0 radical (unpaired) electrons. The van der Waals surface area contributed by atoms with Gasteiger partial charge in [-0.2, -0.15) is 0 Å². The Hall–Kier alpha value is -3.06. The zero-order valence-electron chi connectivity index (χ0n) is 17.7. The van der Waals surface area contributed by atoms with Gasteiger partial charge in [0.1, 0.15) is 12.4 Å². The molecule has 0 unspecified atom stereocenters. The van der Waals surface area contributed by atoms with Gasteiger partial charge in [0.2, 0.25) is 5.91 Å². The van der Waals surface area contributed by atoms with Gasteiger partial charge in [-0.05, 0) is 43.7 Å². The predicted octanol–water partition coefficient (Wildman–Crippen LogP) is 3.68. The van der Waals surface area contributed by atoms with E-state index in [0.717, 1.165) is 18.5 Å². The lowest BCUT2D eigenvalue weighted by Crippen LogP contribution is -2.25. The summed E-state index contributed by atoms with van der Waals surface area (Å²) in [5, 5.41) is 8.77. The number of para-hydroxylation sites is 2. The lowest BCUT2D eigenvalue weighted by molar-refractivity contribution is -0.114. The maximum absolute atomic E-state index is 12.4. The molecular formula is C23H31N3O4. The Balaban J connectivity index is 1.86. The molecule has 0 aromatic heterocycles. The van der Waals surface area contributed by atoms with Gasteiger partial charge in [-0.1, -0.05) is 31.5 Å². The molecule has 0 aliphatic rings. The van der Waals surface area contributed by atoms with Crippen molar-refractivity contribution in [2.24, 2.45) is 0 Å². The van der Waals surface area contributed by atoms with Crippen LogP contribution in [0.4, 0.5) is 11.4 Å². The quantitative estimate of drug-likeness (QED) is 0.436. The summed E-state index contributed by atoms with van der Waals surface area (Å²) in [7, 11) is 0. The van der Waals surface area contributed by atoms with Crippen molar-refractivity contribution in [3.8, 4) is 5.75 Å². The molecule has 2 aromatic rings. The van der Waals surface area contributed by atoms with E-state index in [-0.39, 0.29) is 18.4 Å². The van der Waals surface area contributed by atoms with Crippen molar-refractivity contribution in [3.05, 3.63) is 54.1 Å². The second kappa shape index (κ2) is 13.2. The highest BCUT2D eigenvalue weighted by Gasteiger charge is 2.09. The van der Waals surface area contributed by atoms with E-state index in [1.807, 2.05) is 31.2 Å². The number of rotatable bonds is 13. The van der Waals surface area contributed by atoms with Gasteiger partial charge < -0.3 is 25.4 Å². The topological polar surface area (TPSA) is 88.7 Å². The highest BCUT2D eigenvalue weighted by atomic mass is 16.5.